The van der Waals surface area contributed by atoms with Gasteiger partial charge < -0.3 is 10.1 Å². The quantitative estimate of drug-likeness (QED) is 0.741. The first-order valence-electron chi connectivity index (χ1n) is 7.72. The maximum Gasteiger partial charge on any atom is 0.119 e. The summed E-state index contributed by atoms with van der Waals surface area (Å²) in [5.41, 5.74) is 5.15. The molecule has 2 rings (SSSR count). The molecule has 0 aromatic heterocycles. The fourth-order valence-electron chi connectivity index (χ4n) is 2.23. The Hall–Kier alpha value is -1.96. The topological polar surface area (TPSA) is 21.3 Å². The number of anilines is 1. The summed E-state index contributed by atoms with van der Waals surface area (Å²) < 4.78 is 5.76. The molecule has 2 aromatic carbocycles. The number of ether oxygens (including phenoxy) is 1. The second-order valence-electron chi connectivity index (χ2n) is 5.44. The summed E-state index contributed by atoms with van der Waals surface area (Å²) in [5.74, 6) is 0.957. The lowest BCUT2D eigenvalue weighted by Crippen LogP contribution is -2.08. The zero-order valence-electron chi connectivity index (χ0n) is 13.3. The smallest absolute Gasteiger partial charge is 0.119 e. The third-order valence-electron chi connectivity index (χ3n) is 3.63. The van der Waals surface area contributed by atoms with Gasteiger partial charge in [-0.15, -0.1) is 0 Å². The Labute approximate surface area is 128 Å². The Morgan fingerprint density at radius 3 is 2.48 bits per heavy atom. The Balaban J connectivity index is 1.71. The van der Waals surface area contributed by atoms with Crippen molar-refractivity contribution in [2.24, 2.45) is 0 Å². The summed E-state index contributed by atoms with van der Waals surface area (Å²) >= 11 is 0. The van der Waals surface area contributed by atoms with E-state index in [0.717, 1.165) is 31.7 Å². The van der Waals surface area contributed by atoms with Crippen molar-refractivity contribution in [3.05, 3.63) is 59.2 Å². The van der Waals surface area contributed by atoms with Gasteiger partial charge in [0.15, 0.2) is 0 Å². The third-order valence-corrected chi connectivity index (χ3v) is 3.63. The summed E-state index contributed by atoms with van der Waals surface area (Å²) in [5, 5.41) is 3.48. The van der Waals surface area contributed by atoms with Crippen molar-refractivity contribution in [1.82, 2.24) is 0 Å². The fraction of sp³-hybridized carbons (Fsp3) is 0.368. The molecular formula is C19H25NO. The minimum absolute atomic E-state index is 0.739. The molecule has 21 heavy (non-hydrogen) atoms. The normalized spacial score (nSPS) is 10.4. The highest BCUT2D eigenvalue weighted by molar-refractivity contribution is 5.52. The number of nitrogens with one attached hydrogen (secondary N) is 1. The van der Waals surface area contributed by atoms with E-state index in [1.165, 1.54) is 22.4 Å². The largest absolute Gasteiger partial charge is 0.494 e. The van der Waals surface area contributed by atoms with Crippen LogP contribution in [0.3, 0.4) is 0 Å². The fourth-order valence-corrected chi connectivity index (χ4v) is 2.23. The number of hydrogen-bond donors (Lipinski definition) is 1. The molecule has 112 valence electrons. The van der Waals surface area contributed by atoms with E-state index in [4.69, 9.17) is 4.74 Å². The predicted octanol–water partition coefficient (Wildman–Crippen LogP) is 4.75. The van der Waals surface area contributed by atoms with Crippen LogP contribution in [-0.4, -0.2) is 13.2 Å². The molecule has 0 fully saturated rings. The number of aryl methyl sites for hydroxylation is 3. The van der Waals surface area contributed by atoms with Crippen molar-refractivity contribution in [3.8, 4) is 5.75 Å². The van der Waals surface area contributed by atoms with E-state index < -0.39 is 0 Å². The van der Waals surface area contributed by atoms with Crippen LogP contribution in [0.5, 0.6) is 5.75 Å². The zero-order chi connectivity index (χ0) is 15.1. The van der Waals surface area contributed by atoms with E-state index in [9.17, 15) is 0 Å². The minimum Gasteiger partial charge on any atom is -0.494 e. The van der Waals surface area contributed by atoms with Crippen molar-refractivity contribution in [3.63, 3.8) is 0 Å². The Morgan fingerprint density at radius 2 is 1.76 bits per heavy atom. The van der Waals surface area contributed by atoms with Gasteiger partial charge in [0, 0.05) is 12.2 Å². The molecule has 0 spiro atoms. The summed E-state index contributed by atoms with van der Waals surface area (Å²) in [4.78, 5) is 0. The van der Waals surface area contributed by atoms with Crippen LogP contribution in [0, 0.1) is 13.8 Å². The molecule has 0 aliphatic heterocycles. The Bertz CT molecular complexity index is 560. The van der Waals surface area contributed by atoms with E-state index in [2.05, 4.69) is 68.6 Å². The number of rotatable bonds is 7. The van der Waals surface area contributed by atoms with Crippen molar-refractivity contribution in [1.29, 1.82) is 0 Å². The molecule has 2 heteroatoms. The molecule has 0 unspecified atom stereocenters. The van der Waals surface area contributed by atoms with E-state index in [1.54, 1.807) is 0 Å². The monoisotopic (exact) mass is 283 g/mol. The highest BCUT2D eigenvalue weighted by Gasteiger charge is 1.98. The van der Waals surface area contributed by atoms with Gasteiger partial charge in [-0.1, -0.05) is 31.2 Å². The van der Waals surface area contributed by atoms with Gasteiger partial charge in [-0.05, 0) is 61.6 Å². The van der Waals surface area contributed by atoms with Gasteiger partial charge in [0.1, 0.15) is 5.75 Å². The van der Waals surface area contributed by atoms with Crippen molar-refractivity contribution in [2.75, 3.05) is 18.5 Å². The van der Waals surface area contributed by atoms with Crippen LogP contribution in [0.15, 0.2) is 42.5 Å². The van der Waals surface area contributed by atoms with E-state index in [-0.39, 0.29) is 0 Å². The number of hydrogen-bond acceptors (Lipinski definition) is 2. The van der Waals surface area contributed by atoms with E-state index in [0.29, 0.717) is 0 Å². The first-order chi connectivity index (χ1) is 10.2. The van der Waals surface area contributed by atoms with E-state index in [1.807, 2.05) is 0 Å². The molecule has 0 amide bonds. The molecule has 0 saturated heterocycles. The van der Waals surface area contributed by atoms with E-state index >= 15 is 0 Å². The van der Waals surface area contributed by atoms with Crippen LogP contribution in [0.2, 0.25) is 0 Å². The Morgan fingerprint density at radius 1 is 1.00 bits per heavy atom. The lowest BCUT2D eigenvalue weighted by Gasteiger charge is -2.11. The SMILES string of the molecule is CCc1ccc(OCCCNc2cc(C)ccc2C)cc1. The van der Waals surface area contributed by atoms with Gasteiger partial charge in [-0.3, -0.25) is 0 Å². The van der Waals surface area contributed by atoms with Crippen LogP contribution >= 0.6 is 0 Å². The zero-order valence-corrected chi connectivity index (χ0v) is 13.3. The first kappa shape index (κ1) is 15.4. The van der Waals surface area contributed by atoms with Crippen LogP contribution < -0.4 is 10.1 Å². The summed E-state index contributed by atoms with van der Waals surface area (Å²) in [7, 11) is 0. The maximum atomic E-state index is 5.76. The van der Waals surface area contributed by atoms with Crippen LogP contribution in [0.1, 0.15) is 30.0 Å². The standard InChI is InChI=1S/C19H25NO/c1-4-17-8-10-18(11-9-17)21-13-5-12-20-19-14-15(2)6-7-16(19)3/h6-11,14,20H,4-5,12-13H2,1-3H3. The predicted molar refractivity (Wildman–Crippen MR) is 90.3 cm³/mol. The second-order valence-corrected chi connectivity index (χ2v) is 5.44. The van der Waals surface area contributed by atoms with Crippen molar-refractivity contribution < 1.29 is 4.74 Å². The Kier molecular flexibility index (Phi) is 5.68. The molecule has 0 atom stereocenters. The summed E-state index contributed by atoms with van der Waals surface area (Å²) in [6, 6.07) is 14.9. The molecule has 0 aliphatic rings. The highest BCUT2D eigenvalue weighted by Crippen LogP contribution is 2.16. The molecule has 0 heterocycles. The van der Waals surface area contributed by atoms with Crippen LogP contribution in [-0.2, 0) is 6.42 Å². The van der Waals surface area contributed by atoms with Crippen LogP contribution in [0.4, 0.5) is 5.69 Å². The third kappa shape index (κ3) is 4.82. The maximum absolute atomic E-state index is 5.76. The number of benzene rings is 2. The van der Waals surface area contributed by atoms with Gasteiger partial charge in [-0.2, -0.15) is 0 Å². The molecular weight excluding hydrogens is 258 g/mol. The molecule has 0 radical (unpaired) electrons. The average molecular weight is 283 g/mol. The molecule has 2 nitrogen and oxygen atoms in total. The summed E-state index contributed by atoms with van der Waals surface area (Å²) in [6.45, 7) is 8.08. The van der Waals surface area contributed by atoms with Gasteiger partial charge in [0.05, 0.1) is 6.61 Å². The first-order valence-corrected chi connectivity index (χ1v) is 7.72. The lowest BCUT2D eigenvalue weighted by atomic mass is 10.1. The van der Waals surface area contributed by atoms with Crippen molar-refractivity contribution in [2.45, 2.75) is 33.6 Å². The summed E-state index contributed by atoms with van der Waals surface area (Å²) in [6.07, 6.45) is 2.06. The van der Waals surface area contributed by atoms with Crippen molar-refractivity contribution >= 4 is 5.69 Å². The van der Waals surface area contributed by atoms with Gasteiger partial charge in [-0.25, -0.2) is 0 Å². The average Bonchev–Trinajstić information content (AvgIpc) is 2.51. The van der Waals surface area contributed by atoms with Gasteiger partial charge in [0.25, 0.3) is 0 Å². The second kappa shape index (κ2) is 7.72. The minimum atomic E-state index is 0.739. The molecule has 0 bridgehead atoms. The molecule has 0 saturated carbocycles. The molecule has 2 aromatic rings. The molecule has 1 N–H and O–H groups in total. The van der Waals surface area contributed by atoms with Gasteiger partial charge in [0.2, 0.25) is 0 Å². The van der Waals surface area contributed by atoms with Gasteiger partial charge >= 0.3 is 0 Å². The lowest BCUT2D eigenvalue weighted by molar-refractivity contribution is 0.315. The molecule has 0 aliphatic carbocycles. The van der Waals surface area contributed by atoms with Crippen LogP contribution in [0.25, 0.3) is 0 Å². The highest BCUT2D eigenvalue weighted by atomic mass is 16.5.